The first kappa shape index (κ1) is 17.0. The quantitative estimate of drug-likeness (QED) is 0.808. The number of hydrogen-bond donors (Lipinski definition) is 3. The number of phenolic OH excluding ortho intramolecular Hbond substituents is 1. The molecular formula is C20H25NO3. The molecule has 0 aromatic heterocycles. The van der Waals surface area contributed by atoms with E-state index in [4.69, 9.17) is 0 Å². The van der Waals surface area contributed by atoms with Crippen LogP contribution in [0.25, 0.3) is 0 Å². The third-order valence-corrected chi connectivity index (χ3v) is 5.02. The Morgan fingerprint density at radius 2 is 1.54 bits per heavy atom. The van der Waals surface area contributed by atoms with E-state index in [1.165, 1.54) is 0 Å². The summed E-state index contributed by atoms with van der Waals surface area (Å²) in [6.45, 7) is 3.21. The highest BCUT2D eigenvalue weighted by Gasteiger charge is 2.37. The van der Waals surface area contributed by atoms with Crippen LogP contribution in [0, 0.1) is 0 Å². The minimum atomic E-state index is -0.796. The molecule has 0 radical (unpaired) electrons. The van der Waals surface area contributed by atoms with E-state index in [1.54, 1.807) is 19.1 Å². The molecule has 4 heteroatoms. The van der Waals surface area contributed by atoms with Crippen LogP contribution in [-0.2, 0) is 5.60 Å². The summed E-state index contributed by atoms with van der Waals surface area (Å²) >= 11 is 0. The van der Waals surface area contributed by atoms with Crippen molar-refractivity contribution in [3.8, 4) is 5.75 Å². The number of rotatable bonds is 4. The van der Waals surface area contributed by atoms with Gasteiger partial charge in [-0.3, -0.25) is 4.90 Å². The Morgan fingerprint density at radius 1 is 0.958 bits per heavy atom. The lowest BCUT2D eigenvalue weighted by molar-refractivity contribution is -0.0515. The van der Waals surface area contributed by atoms with Crippen molar-refractivity contribution in [2.45, 2.75) is 37.5 Å². The molecule has 2 unspecified atom stereocenters. The molecular weight excluding hydrogens is 302 g/mol. The molecule has 0 saturated carbocycles. The Kier molecular flexibility index (Phi) is 4.90. The molecule has 1 fully saturated rings. The lowest BCUT2D eigenvalue weighted by Gasteiger charge is -2.43. The monoisotopic (exact) mass is 327 g/mol. The largest absolute Gasteiger partial charge is 0.508 e. The van der Waals surface area contributed by atoms with Crippen molar-refractivity contribution in [1.29, 1.82) is 0 Å². The first-order chi connectivity index (χ1) is 11.5. The Morgan fingerprint density at radius 3 is 2.08 bits per heavy atom. The zero-order chi connectivity index (χ0) is 17.2. The minimum absolute atomic E-state index is 0.133. The second-order valence-corrected chi connectivity index (χ2v) is 6.71. The molecule has 0 spiro atoms. The number of piperidine rings is 1. The zero-order valence-corrected chi connectivity index (χ0v) is 14.0. The molecule has 1 saturated heterocycles. The minimum Gasteiger partial charge on any atom is -0.508 e. The van der Waals surface area contributed by atoms with Gasteiger partial charge in [-0.1, -0.05) is 42.5 Å². The molecule has 4 nitrogen and oxygen atoms in total. The molecule has 24 heavy (non-hydrogen) atoms. The molecule has 1 aliphatic heterocycles. The first-order valence-corrected chi connectivity index (χ1v) is 8.48. The lowest BCUT2D eigenvalue weighted by Crippen LogP contribution is -2.46. The molecule has 2 atom stereocenters. The summed E-state index contributed by atoms with van der Waals surface area (Å²) in [5.41, 5.74) is 1.14. The van der Waals surface area contributed by atoms with Crippen LogP contribution in [0.4, 0.5) is 0 Å². The van der Waals surface area contributed by atoms with Gasteiger partial charge in [-0.15, -0.1) is 0 Å². The SMILES string of the molecule is CC(O)C(c1ccc(O)cc1)N1CCC(O)(c2ccccc2)CC1. The smallest absolute Gasteiger partial charge is 0.115 e. The highest BCUT2D eigenvalue weighted by atomic mass is 16.3. The van der Waals surface area contributed by atoms with Gasteiger partial charge in [0.1, 0.15) is 5.75 Å². The van der Waals surface area contributed by atoms with E-state index in [0.717, 1.165) is 11.1 Å². The van der Waals surface area contributed by atoms with Crippen molar-refractivity contribution < 1.29 is 15.3 Å². The van der Waals surface area contributed by atoms with E-state index in [0.29, 0.717) is 25.9 Å². The zero-order valence-electron chi connectivity index (χ0n) is 14.0. The van der Waals surface area contributed by atoms with Gasteiger partial charge in [-0.2, -0.15) is 0 Å². The Labute approximate surface area is 143 Å². The number of benzene rings is 2. The van der Waals surface area contributed by atoms with Crippen molar-refractivity contribution in [1.82, 2.24) is 4.90 Å². The van der Waals surface area contributed by atoms with Gasteiger partial charge < -0.3 is 15.3 Å². The number of phenols is 1. The van der Waals surface area contributed by atoms with Crippen LogP contribution in [0.3, 0.4) is 0 Å². The first-order valence-electron chi connectivity index (χ1n) is 8.48. The fourth-order valence-electron chi connectivity index (χ4n) is 3.68. The maximum absolute atomic E-state index is 11.0. The van der Waals surface area contributed by atoms with Gasteiger partial charge in [0, 0.05) is 13.1 Å². The number of hydrogen-bond acceptors (Lipinski definition) is 4. The Hall–Kier alpha value is -1.88. The van der Waals surface area contributed by atoms with Gasteiger partial charge in [-0.25, -0.2) is 0 Å². The number of aromatic hydroxyl groups is 1. The second kappa shape index (κ2) is 6.93. The van der Waals surface area contributed by atoms with Gasteiger partial charge in [-0.05, 0) is 43.0 Å². The van der Waals surface area contributed by atoms with Crippen LogP contribution in [0.5, 0.6) is 5.75 Å². The number of aliphatic hydroxyl groups excluding tert-OH is 1. The normalized spacial score (nSPS) is 20.5. The van der Waals surface area contributed by atoms with Crippen molar-refractivity contribution >= 4 is 0 Å². The van der Waals surface area contributed by atoms with Crippen LogP contribution >= 0.6 is 0 Å². The maximum atomic E-state index is 11.0. The molecule has 0 aliphatic carbocycles. The average Bonchev–Trinajstić information content (AvgIpc) is 2.59. The van der Waals surface area contributed by atoms with Crippen molar-refractivity contribution in [3.05, 3.63) is 65.7 Å². The van der Waals surface area contributed by atoms with Gasteiger partial charge in [0.2, 0.25) is 0 Å². The fourth-order valence-corrected chi connectivity index (χ4v) is 3.68. The van der Waals surface area contributed by atoms with Gasteiger partial charge in [0.25, 0.3) is 0 Å². The van der Waals surface area contributed by atoms with Crippen LogP contribution in [0.2, 0.25) is 0 Å². The Balaban J connectivity index is 1.75. The van der Waals surface area contributed by atoms with Gasteiger partial charge in [0.15, 0.2) is 0 Å². The number of nitrogens with zero attached hydrogens (tertiary/aromatic N) is 1. The Bertz CT molecular complexity index is 646. The fraction of sp³-hybridized carbons (Fsp3) is 0.400. The number of likely N-dealkylation sites (tertiary alicyclic amines) is 1. The summed E-state index contributed by atoms with van der Waals surface area (Å²) < 4.78 is 0. The molecule has 2 aromatic carbocycles. The predicted octanol–water partition coefficient (Wildman–Crippen LogP) is 2.80. The number of aliphatic hydroxyl groups is 2. The molecule has 1 aliphatic rings. The molecule has 2 aromatic rings. The summed E-state index contributed by atoms with van der Waals surface area (Å²) in [6.07, 6.45) is 0.744. The summed E-state index contributed by atoms with van der Waals surface area (Å²) in [4.78, 5) is 2.22. The highest BCUT2D eigenvalue weighted by molar-refractivity contribution is 5.29. The third kappa shape index (κ3) is 3.46. The molecule has 1 heterocycles. The topological polar surface area (TPSA) is 63.9 Å². The molecule has 0 amide bonds. The molecule has 128 valence electrons. The van der Waals surface area contributed by atoms with E-state index >= 15 is 0 Å². The van der Waals surface area contributed by atoms with Gasteiger partial charge >= 0.3 is 0 Å². The van der Waals surface area contributed by atoms with Crippen molar-refractivity contribution in [2.24, 2.45) is 0 Å². The van der Waals surface area contributed by atoms with E-state index in [9.17, 15) is 15.3 Å². The maximum Gasteiger partial charge on any atom is 0.115 e. The van der Waals surface area contributed by atoms with Crippen LogP contribution < -0.4 is 0 Å². The molecule has 0 bridgehead atoms. The van der Waals surface area contributed by atoms with Crippen LogP contribution in [-0.4, -0.2) is 39.4 Å². The second-order valence-electron chi connectivity index (χ2n) is 6.71. The van der Waals surface area contributed by atoms with Gasteiger partial charge in [0.05, 0.1) is 17.7 Å². The average molecular weight is 327 g/mol. The van der Waals surface area contributed by atoms with E-state index in [1.807, 2.05) is 42.5 Å². The van der Waals surface area contributed by atoms with Crippen molar-refractivity contribution in [3.63, 3.8) is 0 Å². The standard InChI is InChI=1S/C20H25NO3/c1-15(22)19(16-7-9-18(23)10-8-16)21-13-11-20(24,12-14-21)17-5-3-2-4-6-17/h2-10,15,19,22-24H,11-14H2,1H3. The van der Waals surface area contributed by atoms with Crippen LogP contribution in [0.1, 0.15) is 36.9 Å². The molecule has 3 rings (SSSR count). The summed E-state index contributed by atoms with van der Waals surface area (Å²) in [7, 11) is 0. The lowest BCUT2D eigenvalue weighted by atomic mass is 9.83. The molecule has 3 N–H and O–H groups in total. The summed E-state index contributed by atoms with van der Waals surface area (Å²) in [5.74, 6) is 0.222. The van der Waals surface area contributed by atoms with E-state index in [2.05, 4.69) is 4.90 Å². The van der Waals surface area contributed by atoms with Crippen molar-refractivity contribution in [2.75, 3.05) is 13.1 Å². The third-order valence-electron chi connectivity index (χ3n) is 5.02. The van der Waals surface area contributed by atoms with E-state index in [-0.39, 0.29) is 11.8 Å². The predicted molar refractivity (Wildman–Crippen MR) is 93.7 cm³/mol. The summed E-state index contributed by atoms with van der Waals surface area (Å²) in [6, 6.07) is 16.7. The summed E-state index contributed by atoms with van der Waals surface area (Å²) in [5, 5.41) is 30.7. The van der Waals surface area contributed by atoms with E-state index < -0.39 is 11.7 Å². The highest BCUT2D eigenvalue weighted by Crippen LogP contribution is 2.36. The van der Waals surface area contributed by atoms with Crippen LogP contribution in [0.15, 0.2) is 54.6 Å².